The number of nitrogens with zero attached hydrogens (tertiary/aromatic N) is 2. The van der Waals surface area contributed by atoms with Gasteiger partial charge in [0.25, 0.3) is 5.56 Å². The van der Waals surface area contributed by atoms with E-state index in [9.17, 15) is 9.59 Å². The molecule has 0 bridgehead atoms. The zero-order valence-corrected chi connectivity index (χ0v) is 19.3. The highest BCUT2D eigenvalue weighted by atomic mass is 79.9. The zero-order chi connectivity index (χ0) is 22.9. The van der Waals surface area contributed by atoms with Crippen LogP contribution in [0.5, 0.6) is 0 Å². The Bertz CT molecular complexity index is 1610. The summed E-state index contributed by atoms with van der Waals surface area (Å²) < 4.78 is 2.43. The van der Waals surface area contributed by atoms with Crippen molar-refractivity contribution in [2.24, 2.45) is 4.99 Å². The molecule has 0 atom stereocenters. The highest BCUT2D eigenvalue weighted by Crippen LogP contribution is 2.30. The topological polar surface area (TPSA) is 79.2 Å². The number of amides is 2. The fourth-order valence-electron chi connectivity index (χ4n) is 3.93. The fourth-order valence-corrected chi connectivity index (χ4v) is 4.40. The van der Waals surface area contributed by atoms with Crippen LogP contribution in [0.4, 0.5) is 10.5 Å². The molecule has 0 aliphatic rings. The average Bonchev–Trinajstić information content (AvgIpc) is 3.12. The predicted octanol–water partition coefficient (Wildman–Crippen LogP) is 6.19. The highest BCUT2D eigenvalue weighted by molar-refractivity contribution is 9.10. The molecular formula is C26H19BrN4O2. The summed E-state index contributed by atoms with van der Waals surface area (Å²) in [4.78, 5) is 29.7. The van der Waals surface area contributed by atoms with E-state index in [0.717, 1.165) is 31.7 Å². The van der Waals surface area contributed by atoms with Crippen molar-refractivity contribution in [2.75, 3.05) is 5.32 Å². The van der Waals surface area contributed by atoms with E-state index in [0.29, 0.717) is 16.9 Å². The maximum atomic E-state index is 13.1. The number of benzene rings is 4. The molecule has 1 aromatic heterocycles. The van der Waals surface area contributed by atoms with E-state index in [2.05, 4.69) is 31.3 Å². The van der Waals surface area contributed by atoms with Gasteiger partial charge >= 0.3 is 6.03 Å². The van der Waals surface area contributed by atoms with E-state index in [4.69, 9.17) is 0 Å². The summed E-state index contributed by atoms with van der Waals surface area (Å²) in [6, 6.07) is 24.5. The molecule has 1 heterocycles. The summed E-state index contributed by atoms with van der Waals surface area (Å²) in [6.07, 6.45) is 1.31. The predicted molar refractivity (Wildman–Crippen MR) is 137 cm³/mol. The Morgan fingerprint density at radius 2 is 1.64 bits per heavy atom. The number of carbonyl (C=O) groups excluding carboxylic acids is 1. The first-order chi connectivity index (χ1) is 16.0. The van der Waals surface area contributed by atoms with Crippen LogP contribution in [0.2, 0.25) is 0 Å². The number of carbonyl (C=O) groups is 1. The molecule has 0 radical (unpaired) electrons. The summed E-state index contributed by atoms with van der Waals surface area (Å²) in [5, 5.41) is 9.77. The second-order valence-electron chi connectivity index (χ2n) is 7.62. The fraction of sp³-hybridized carbons (Fsp3) is 0.0385. The van der Waals surface area contributed by atoms with Crippen LogP contribution in [0.1, 0.15) is 11.3 Å². The molecule has 6 nitrogen and oxygen atoms in total. The highest BCUT2D eigenvalue weighted by Gasteiger charge is 2.13. The molecule has 0 fully saturated rings. The minimum Gasteiger partial charge on any atom is -0.305 e. The van der Waals surface area contributed by atoms with Gasteiger partial charge in [-0.1, -0.05) is 76.6 Å². The van der Waals surface area contributed by atoms with Crippen LogP contribution >= 0.6 is 15.9 Å². The molecule has 0 aliphatic carbocycles. The Balaban J connectivity index is 1.45. The molecule has 33 heavy (non-hydrogen) atoms. The first kappa shape index (κ1) is 20.9. The van der Waals surface area contributed by atoms with Crippen molar-refractivity contribution in [2.45, 2.75) is 6.92 Å². The third-order valence-corrected chi connectivity index (χ3v) is 6.24. The molecule has 5 rings (SSSR count). The maximum absolute atomic E-state index is 13.1. The van der Waals surface area contributed by atoms with Crippen LogP contribution in [0, 0.1) is 6.92 Å². The van der Waals surface area contributed by atoms with Gasteiger partial charge in [-0.2, -0.15) is 0 Å². The van der Waals surface area contributed by atoms with Crippen LogP contribution in [0.25, 0.3) is 27.2 Å². The molecule has 5 aromatic rings. The largest absolute Gasteiger partial charge is 0.345 e. The number of rotatable bonds is 3. The molecular weight excluding hydrogens is 480 g/mol. The zero-order valence-electron chi connectivity index (χ0n) is 17.7. The van der Waals surface area contributed by atoms with Gasteiger partial charge in [-0.25, -0.2) is 14.5 Å². The molecule has 162 valence electrons. The molecule has 7 heteroatoms. The number of hydrogen-bond acceptors (Lipinski definition) is 2. The number of nitrogens with one attached hydrogen (secondary N) is 2. The summed E-state index contributed by atoms with van der Waals surface area (Å²) in [5.74, 6) is 0. The van der Waals surface area contributed by atoms with Crippen molar-refractivity contribution in [3.8, 4) is 5.69 Å². The van der Waals surface area contributed by atoms with Crippen LogP contribution < -0.4 is 10.9 Å². The molecule has 0 unspecified atom stereocenters. The Hall–Kier alpha value is -3.97. The number of halogens is 1. The summed E-state index contributed by atoms with van der Waals surface area (Å²) in [7, 11) is 0. The van der Waals surface area contributed by atoms with E-state index >= 15 is 0 Å². The lowest BCUT2D eigenvalue weighted by Crippen LogP contribution is -2.18. The molecule has 0 saturated carbocycles. The number of fused-ring (bicyclic) bond motifs is 2. The molecule has 2 N–H and O–H groups in total. The first-order valence-corrected chi connectivity index (χ1v) is 11.1. The Morgan fingerprint density at radius 3 is 2.45 bits per heavy atom. The second kappa shape index (κ2) is 8.52. The van der Waals surface area contributed by atoms with Crippen molar-refractivity contribution in [1.82, 2.24) is 9.78 Å². The van der Waals surface area contributed by atoms with Crippen molar-refractivity contribution in [3.05, 3.63) is 105 Å². The number of aromatic amines is 1. The van der Waals surface area contributed by atoms with Crippen LogP contribution in [-0.4, -0.2) is 22.0 Å². The monoisotopic (exact) mass is 498 g/mol. The number of aliphatic imine (C=N–C) groups is 1. The van der Waals surface area contributed by atoms with Gasteiger partial charge in [0.2, 0.25) is 0 Å². The molecule has 2 amide bonds. The lowest BCUT2D eigenvalue weighted by atomic mass is 10.1. The van der Waals surface area contributed by atoms with Crippen LogP contribution in [0.15, 0.2) is 93.1 Å². The first-order valence-electron chi connectivity index (χ1n) is 10.3. The number of aromatic nitrogens is 2. The van der Waals surface area contributed by atoms with Crippen molar-refractivity contribution in [3.63, 3.8) is 0 Å². The number of aryl methyl sites for hydroxylation is 1. The Morgan fingerprint density at radius 1 is 0.939 bits per heavy atom. The SMILES string of the molecule is Cc1[nH]n(-c2cccc3ccccc23)c(=O)c1/C=N/C(=O)Nc1ccc(Br)c2ccccc12. The van der Waals surface area contributed by atoms with E-state index < -0.39 is 6.03 Å². The standard InChI is InChI=1S/C26H19BrN4O2/c1-16-21(25(32)31(30-16)24-12-6-8-17-7-2-3-9-18(17)24)15-28-26(33)29-23-14-13-22(27)19-10-4-5-11-20(19)23/h2-15,30H,1H3,(H,29,33)/b28-15+. The van der Waals surface area contributed by atoms with E-state index in [1.165, 1.54) is 10.9 Å². The molecule has 0 aliphatic heterocycles. The summed E-state index contributed by atoms with van der Waals surface area (Å²) in [6.45, 7) is 1.78. The Labute approximate surface area is 197 Å². The van der Waals surface area contributed by atoms with Crippen molar-refractivity contribution in [1.29, 1.82) is 0 Å². The molecule has 4 aromatic carbocycles. The Kier molecular flexibility index (Phi) is 5.40. The van der Waals surface area contributed by atoms with Gasteiger partial charge in [0.15, 0.2) is 0 Å². The van der Waals surface area contributed by atoms with E-state index in [1.807, 2.05) is 78.9 Å². The lowest BCUT2D eigenvalue weighted by Gasteiger charge is -2.08. The number of urea groups is 1. The van der Waals surface area contributed by atoms with Crippen molar-refractivity contribution < 1.29 is 4.79 Å². The third kappa shape index (κ3) is 3.87. The minimum absolute atomic E-state index is 0.269. The van der Waals surface area contributed by atoms with Gasteiger partial charge < -0.3 is 5.32 Å². The van der Waals surface area contributed by atoms with Gasteiger partial charge in [0.05, 0.1) is 16.9 Å². The quantitative estimate of drug-likeness (QED) is 0.290. The maximum Gasteiger partial charge on any atom is 0.345 e. The van der Waals surface area contributed by atoms with Crippen molar-refractivity contribution >= 4 is 55.4 Å². The normalized spacial score (nSPS) is 11.5. The number of anilines is 1. The van der Waals surface area contributed by atoms with E-state index in [-0.39, 0.29) is 5.56 Å². The van der Waals surface area contributed by atoms with Crippen LogP contribution in [0.3, 0.4) is 0 Å². The summed E-state index contributed by atoms with van der Waals surface area (Å²) in [5.41, 5.74) is 2.08. The van der Waals surface area contributed by atoms with Crippen LogP contribution in [-0.2, 0) is 0 Å². The molecule has 0 saturated heterocycles. The van der Waals surface area contributed by atoms with Gasteiger partial charge in [0, 0.05) is 27.2 Å². The van der Waals surface area contributed by atoms with Gasteiger partial charge in [-0.05, 0) is 35.9 Å². The average molecular weight is 499 g/mol. The minimum atomic E-state index is -0.556. The van der Waals surface area contributed by atoms with Gasteiger partial charge in [0.1, 0.15) is 0 Å². The second-order valence-corrected chi connectivity index (χ2v) is 8.47. The number of hydrogen-bond donors (Lipinski definition) is 2. The van der Waals surface area contributed by atoms with Gasteiger partial charge in [-0.15, -0.1) is 0 Å². The van der Waals surface area contributed by atoms with Gasteiger partial charge in [-0.3, -0.25) is 9.89 Å². The van der Waals surface area contributed by atoms with E-state index in [1.54, 1.807) is 6.92 Å². The number of H-pyrrole nitrogens is 1. The smallest absolute Gasteiger partial charge is 0.305 e. The lowest BCUT2D eigenvalue weighted by molar-refractivity contribution is 0.259. The summed E-state index contributed by atoms with van der Waals surface area (Å²) >= 11 is 3.53. The molecule has 0 spiro atoms. The third-order valence-electron chi connectivity index (χ3n) is 5.55.